The number of hydrogen-bond acceptors (Lipinski definition) is 4. The molecule has 0 saturated carbocycles. The fraction of sp³-hybridized carbons (Fsp3) is 0.292. The van der Waals surface area contributed by atoms with Crippen LogP contribution >= 0.6 is 11.6 Å². The van der Waals surface area contributed by atoms with E-state index in [4.69, 9.17) is 16.3 Å². The highest BCUT2D eigenvalue weighted by Gasteiger charge is 2.28. The molecular weight excluding hydrogens is 444 g/mol. The second-order valence-corrected chi connectivity index (χ2v) is 8.38. The van der Waals surface area contributed by atoms with Gasteiger partial charge in [0.2, 0.25) is 0 Å². The zero-order valence-corrected chi connectivity index (χ0v) is 18.9. The predicted octanol–water partition coefficient (Wildman–Crippen LogP) is 5.19. The average molecular weight is 469 g/mol. The van der Waals surface area contributed by atoms with Crippen molar-refractivity contribution in [2.45, 2.75) is 31.5 Å². The molecule has 9 heteroatoms. The Bertz CT molecular complexity index is 1110. The first kappa shape index (κ1) is 22.8. The van der Waals surface area contributed by atoms with Crippen LogP contribution in [0, 0.1) is 0 Å². The molecule has 1 aliphatic heterocycles. The fourth-order valence-electron chi connectivity index (χ4n) is 3.84. The topological polar surface area (TPSA) is 96.7 Å². The first-order chi connectivity index (χ1) is 15.9. The number of rotatable bonds is 6. The van der Waals surface area contributed by atoms with Crippen molar-refractivity contribution in [1.82, 2.24) is 14.7 Å². The number of carbonyl (C=O) groups is 2. The van der Waals surface area contributed by atoms with Crippen LogP contribution in [0.4, 0.5) is 10.5 Å². The number of amides is 2. The summed E-state index contributed by atoms with van der Waals surface area (Å²) in [5.41, 5.74) is 2.99. The van der Waals surface area contributed by atoms with Crippen molar-refractivity contribution in [3.05, 3.63) is 71.5 Å². The van der Waals surface area contributed by atoms with Crippen LogP contribution < -0.4 is 5.32 Å². The summed E-state index contributed by atoms with van der Waals surface area (Å²) in [5, 5.41) is 17.2. The molecule has 0 spiro atoms. The summed E-state index contributed by atoms with van der Waals surface area (Å²) < 4.78 is 7.63. The van der Waals surface area contributed by atoms with E-state index in [1.807, 2.05) is 23.0 Å². The summed E-state index contributed by atoms with van der Waals surface area (Å²) in [4.78, 5) is 25.5. The minimum atomic E-state index is -1.21. The number of anilines is 1. The maximum Gasteiger partial charge on any atom is 0.407 e. The fourth-order valence-corrected chi connectivity index (χ4v) is 3.97. The smallest absolute Gasteiger partial charge is 0.407 e. The molecule has 0 bridgehead atoms. The standard InChI is InChI=1S/C24H25ClN4O4/c1-28(24(31)32)22(17-5-9-19(25)10-6-17)23(30)27-20-11-7-16(8-12-20)18-14-26-29(15-18)21-4-2-3-13-33-21/h5-12,14-15,21-22H,2-4,13H2,1H3,(H,27,30)(H,31,32)/t21?,22-/m0/s1. The first-order valence-corrected chi connectivity index (χ1v) is 11.1. The molecule has 1 saturated heterocycles. The van der Waals surface area contributed by atoms with Crippen molar-refractivity contribution in [2.75, 3.05) is 19.0 Å². The SMILES string of the molecule is CN(C(=O)O)[C@H](C(=O)Nc1ccc(-c2cnn(C3CCCCO3)c2)cc1)c1ccc(Cl)cc1. The maximum absolute atomic E-state index is 13.0. The van der Waals surface area contributed by atoms with Crippen molar-refractivity contribution >= 4 is 29.3 Å². The van der Waals surface area contributed by atoms with Crippen LogP contribution in [0.1, 0.15) is 37.1 Å². The molecule has 2 aromatic carbocycles. The highest BCUT2D eigenvalue weighted by molar-refractivity contribution is 6.30. The second-order valence-electron chi connectivity index (χ2n) is 7.94. The predicted molar refractivity (Wildman–Crippen MR) is 125 cm³/mol. The zero-order chi connectivity index (χ0) is 23.4. The Morgan fingerprint density at radius 2 is 1.88 bits per heavy atom. The normalized spacial score (nSPS) is 16.7. The average Bonchev–Trinajstić information content (AvgIpc) is 3.32. The van der Waals surface area contributed by atoms with E-state index in [2.05, 4.69) is 10.4 Å². The Balaban J connectivity index is 1.48. The van der Waals surface area contributed by atoms with Gasteiger partial charge in [0.15, 0.2) is 0 Å². The third-order valence-corrected chi connectivity index (χ3v) is 5.91. The van der Waals surface area contributed by atoms with Crippen LogP contribution in [-0.2, 0) is 9.53 Å². The Labute approximate surface area is 196 Å². The van der Waals surface area contributed by atoms with Crippen LogP contribution in [0.5, 0.6) is 0 Å². The number of nitrogens with zero attached hydrogens (tertiary/aromatic N) is 3. The van der Waals surface area contributed by atoms with E-state index in [0.29, 0.717) is 16.3 Å². The van der Waals surface area contributed by atoms with E-state index in [9.17, 15) is 14.7 Å². The first-order valence-electron chi connectivity index (χ1n) is 10.7. The third kappa shape index (κ3) is 5.35. The maximum atomic E-state index is 13.0. The van der Waals surface area contributed by atoms with E-state index in [0.717, 1.165) is 41.9 Å². The lowest BCUT2D eigenvalue weighted by atomic mass is 10.0. The highest BCUT2D eigenvalue weighted by atomic mass is 35.5. The van der Waals surface area contributed by atoms with E-state index in [-0.39, 0.29) is 6.23 Å². The Kier molecular flexibility index (Phi) is 6.96. The number of aromatic nitrogens is 2. The van der Waals surface area contributed by atoms with Gasteiger partial charge in [0.1, 0.15) is 12.3 Å². The van der Waals surface area contributed by atoms with Gasteiger partial charge >= 0.3 is 6.09 Å². The Morgan fingerprint density at radius 1 is 1.15 bits per heavy atom. The summed E-state index contributed by atoms with van der Waals surface area (Å²) in [7, 11) is 1.36. The number of carboxylic acid groups (broad SMARTS) is 1. The van der Waals surface area contributed by atoms with Gasteiger partial charge in [-0.3, -0.25) is 9.69 Å². The summed E-state index contributed by atoms with van der Waals surface area (Å²) in [5.74, 6) is -0.461. The van der Waals surface area contributed by atoms with E-state index in [1.54, 1.807) is 42.6 Å². The van der Waals surface area contributed by atoms with Gasteiger partial charge in [0, 0.05) is 36.1 Å². The van der Waals surface area contributed by atoms with Gasteiger partial charge < -0.3 is 15.2 Å². The summed E-state index contributed by atoms with van der Waals surface area (Å²) in [6.07, 6.45) is 5.68. The summed E-state index contributed by atoms with van der Waals surface area (Å²) in [6, 6.07) is 12.8. The molecule has 0 aliphatic carbocycles. The number of benzene rings is 2. The molecule has 1 unspecified atom stereocenters. The molecule has 172 valence electrons. The lowest BCUT2D eigenvalue weighted by Crippen LogP contribution is -2.37. The Morgan fingerprint density at radius 3 is 2.52 bits per heavy atom. The molecule has 8 nitrogen and oxygen atoms in total. The number of hydrogen-bond donors (Lipinski definition) is 2. The molecule has 1 aromatic heterocycles. The van der Waals surface area contributed by atoms with Gasteiger partial charge in [-0.1, -0.05) is 35.9 Å². The third-order valence-electron chi connectivity index (χ3n) is 5.66. The molecule has 4 rings (SSSR count). The largest absolute Gasteiger partial charge is 0.465 e. The summed E-state index contributed by atoms with van der Waals surface area (Å²) >= 11 is 5.94. The van der Waals surface area contributed by atoms with Crippen molar-refractivity contribution < 1.29 is 19.4 Å². The minimum Gasteiger partial charge on any atom is -0.465 e. The van der Waals surface area contributed by atoms with Gasteiger partial charge in [-0.05, 0) is 54.7 Å². The monoisotopic (exact) mass is 468 g/mol. The molecule has 1 aliphatic rings. The Hall–Kier alpha value is -3.36. The van der Waals surface area contributed by atoms with Crippen LogP contribution in [-0.4, -0.2) is 45.4 Å². The van der Waals surface area contributed by atoms with E-state index in [1.165, 1.54) is 7.05 Å². The lowest BCUT2D eigenvalue weighted by molar-refractivity contribution is -0.120. The molecule has 33 heavy (non-hydrogen) atoms. The molecule has 1 fully saturated rings. The molecule has 2 N–H and O–H groups in total. The highest BCUT2D eigenvalue weighted by Crippen LogP contribution is 2.27. The molecule has 2 atom stereocenters. The number of nitrogens with one attached hydrogen (secondary N) is 1. The van der Waals surface area contributed by atoms with Crippen LogP contribution in [0.25, 0.3) is 11.1 Å². The van der Waals surface area contributed by atoms with Crippen LogP contribution in [0.15, 0.2) is 60.9 Å². The molecule has 2 amide bonds. The second kappa shape index (κ2) is 10.1. The van der Waals surface area contributed by atoms with E-state index < -0.39 is 18.0 Å². The van der Waals surface area contributed by atoms with Crippen molar-refractivity contribution in [2.24, 2.45) is 0 Å². The van der Waals surface area contributed by atoms with Crippen LogP contribution in [0.3, 0.4) is 0 Å². The van der Waals surface area contributed by atoms with Crippen molar-refractivity contribution in [1.29, 1.82) is 0 Å². The lowest BCUT2D eigenvalue weighted by Gasteiger charge is -2.25. The zero-order valence-electron chi connectivity index (χ0n) is 18.1. The molecule has 3 aromatic rings. The number of likely N-dealkylation sites (N-methyl/N-ethyl adjacent to an activating group) is 1. The minimum absolute atomic E-state index is 0.0258. The van der Waals surface area contributed by atoms with Gasteiger partial charge in [-0.25, -0.2) is 9.48 Å². The molecule has 0 radical (unpaired) electrons. The quantitative estimate of drug-likeness (QED) is 0.518. The molecular formula is C24H25ClN4O4. The van der Waals surface area contributed by atoms with Gasteiger partial charge in [-0.15, -0.1) is 0 Å². The summed E-state index contributed by atoms with van der Waals surface area (Å²) in [6.45, 7) is 0.752. The number of ether oxygens (including phenoxy) is 1. The number of halogens is 1. The molecule has 2 heterocycles. The van der Waals surface area contributed by atoms with Gasteiger partial charge in [0.05, 0.1) is 6.20 Å². The number of carbonyl (C=O) groups excluding carboxylic acids is 1. The van der Waals surface area contributed by atoms with Gasteiger partial charge in [0.25, 0.3) is 5.91 Å². The van der Waals surface area contributed by atoms with Crippen molar-refractivity contribution in [3.8, 4) is 11.1 Å². The van der Waals surface area contributed by atoms with E-state index >= 15 is 0 Å². The van der Waals surface area contributed by atoms with Crippen molar-refractivity contribution in [3.63, 3.8) is 0 Å². The van der Waals surface area contributed by atoms with Gasteiger partial charge in [-0.2, -0.15) is 5.10 Å². The van der Waals surface area contributed by atoms with Crippen LogP contribution in [0.2, 0.25) is 5.02 Å².